The first-order chi connectivity index (χ1) is 16.7. The minimum absolute atomic E-state index is 0.0101. The van der Waals surface area contributed by atoms with Gasteiger partial charge >= 0.3 is 0 Å². The average molecular weight is 476 g/mol. The lowest BCUT2D eigenvalue weighted by atomic mass is 10.0. The summed E-state index contributed by atoms with van der Waals surface area (Å²) in [6.45, 7) is 0.0101. The van der Waals surface area contributed by atoms with Gasteiger partial charge in [-0.15, -0.1) is 5.10 Å². The van der Waals surface area contributed by atoms with Crippen molar-refractivity contribution in [2.45, 2.75) is 36.7 Å². The van der Waals surface area contributed by atoms with E-state index in [4.69, 9.17) is 15.2 Å². The maximum atomic E-state index is 9.38. The number of rotatable bonds is 7. The van der Waals surface area contributed by atoms with Crippen molar-refractivity contribution in [3.05, 3.63) is 95.6 Å². The molecule has 0 spiro atoms. The molecule has 1 aliphatic rings. The fraction of sp³-hybridized carbons (Fsp3) is 0.240. The second-order valence-corrected chi connectivity index (χ2v) is 9.03. The summed E-state index contributed by atoms with van der Waals surface area (Å²) in [6, 6.07) is 25.2. The van der Waals surface area contributed by atoms with E-state index in [0.29, 0.717) is 23.0 Å². The molecule has 0 bridgehead atoms. The second kappa shape index (κ2) is 10.4. The van der Waals surface area contributed by atoms with Crippen molar-refractivity contribution in [2.75, 3.05) is 11.5 Å². The van der Waals surface area contributed by atoms with Crippen LogP contribution in [0, 0.1) is 0 Å². The summed E-state index contributed by atoms with van der Waals surface area (Å²) < 4.78 is 14.4. The molecule has 5 rings (SSSR count). The van der Waals surface area contributed by atoms with Crippen LogP contribution in [0.3, 0.4) is 0 Å². The van der Waals surface area contributed by atoms with E-state index in [0.717, 1.165) is 22.4 Å². The topological polar surface area (TPSA) is 108 Å². The van der Waals surface area contributed by atoms with Gasteiger partial charge in [-0.05, 0) is 45.8 Å². The molecule has 3 aromatic carbocycles. The summed E-state index contributed by atoms with van der Waals surface area (Å²) in [7, 11) is 0. The third-order valence-electron chi connectivity index (χ3n) is 5.64. The predicted octanol–water partition coefficient (Wildman–Crippen LogP) is 4.07. The van der Waals surface area contributed by atoms with Gasteiger partial charge in [0.25, 0.3) is 0 Å². The van der Waals surface area contributed by atoms with Crippen LogP contribution in [-0.4, -0.2) is 37.2 Å². The molecule has 0 unspecified atom stereocenters. The van der Waals surface area contributed by atoms with Gasteiger partial charge in [0.05, 0.1) is 24.5 Å². The number of nitrogens with zero attached hydrogens (tertiary/aromatic N) is 4. The Balaban J connectivity index is 1.36. The summed E-state index contributed by atoms with van der Waals surface area (Å²) in [5.74, 6) is 0.653. The standard InChI is InChI=1S/C25H25N5O3S/c26-20-6-4-5-19(13-20)24-32-22(14-23(33-24)18-11-9-17(15-31)10-12-18)16-34-25-27-28-29-30(25)21-7-2-1-3-8-21/h1-13,22-24,31H,14-16,26H2/t22-,23+,24+/m1/s1. The number of aliphatic hydroxyl groups is 1. The smallest absolute Gasteiger partial charge is 0.214 e. The van der Waals surface area contributed by atoms with E-state index >= 15 is 0 Å². The molecule has 0 aliphatic carbocycles. The molecule has 174 valence electrons. The van der Waals surface area contributed by atoms with E-state index < -0.39 is 6.29 Å². The zero-order chi connectivity index (χ0) is 23.3. The summed E-state index contributed by atoms with van der Waals surface area (Å²) in [6.07, 6.45) is -0.135. The molecule has 1 fully saturated rings. The lowest BCUT2D eigenvalue weighted by Crippen LogP contribution is -2.31. The van der Waals surface area contributed by atoms with Crippen molar-refractivity contribution in [3.8, 4) is 5.69 Å². The summed E-state index contributed by atoms with van der Waals surface area (Å²) in [4.78, 5) is 0. The van der Waals surface area contributed by atoms with Gasteiger partial charge in [-0.1, -0.05) is 66.4 Å². The Morgan fingerprint density at radius 2 is 1.79 bits per heavy atom. The van der Waals surface area contributed by atoms with E-state index in [2.05, 4.69) is 15.5 Å². The minimum atomic E-state index is -0.546. The normalized spacial score (nSPS) is 20.3. The van der Waals surface area contributed by atoms with Gasteiger partial charge < -0.3 is 20.3 Å². The maximum Gasteiger partial charge on any atom is 0.214 e. The molecule has 3 N–H and O–H groups in total. The van der Waals surface area contributed by atoms with Gasteiger partial charge in [-0.3, -0.25) is 0 Å². The SMILES string of the molecule is Nc1cccc([C@H]2O[C@@H](CSc3nnnn3-c3ccccc3)C[C@@H](c3ccc(CO)cc3)O2)c1. The molecule has 8 nitrogen and oxygen atoms in total. The van der Waals surface area contributed by atoms with E-state index in [-0.39, 0.29) is 18.8 Å². The number of anilines is 1. The first-order valence-electron chi connectivity index (χ1n) is 11.0. The predicted molar refractivity (Wildman–Crippen MR) is 129 cm³/mol. The van der Waals surface area contributed by atoms with Crippen LogP contribution in [0.2, 0.25) is 0 Å². The minimum Gasteiger partial charge on any atom is -0.399 e. The monoisotopic (exact) mass is 475 g/mol. The fourth-order valence-corrected chi connectivity index (χ4v) is 4.80. The molecule has 4 aromatic rings. The van der Waals surface area contributed by atoms with Crippen molar-refractivity contribution < 1.29 is 14.6 Å². The number of benzene rings is 3. The third kappa shape index (κ3) is 5.13. The number of aliphatic hydroxyl groups excluding tert-OH is 1. The maximum absolute atomic E-state index is 9.38. The molecule has 0 radical (unpaired) electrons. The average Bonchev–Trinajstić information content (AvgIpc) is 3.37. The van der Waals surface area contributed by atoms with Crippen molar-refractivity contribution in [3.63, 3.8) is 0 Å². The van der Waals surface area contributed by atoms with Crippen molar-refractivity contribution in [1.82, 2.24) is 20.2 Å². The molecular formula is C25H25N5O3S. The molecule has 3 atom stereocenters. The van der Waals surface area contributed by atoms with Gasteiger partial charge in [0.2, 0.25) is 5.16 Å². The van der Waals surface area contributed by atoms with Crippen LogP contribution >= 0.6 is 11.8 Å². The Labute approximate surface area is 201 Å². The molecule has 2 heterocycles. The second-order valence-electron chi connectivity index (χ2n) is 8.04. The van der Waals surface area contributed by atoms with Crippen LogP contribution in [0.5, 0.6) is 0 Å². The van der Waals surface area contributed by atoms with E-state index in [1.165, 1.54) is 0 Å². The van der Waals surface area contributed by atoms with Crippen LogP contribution in [0.4, 0.5) is 5.69 Å². The molecular weight excluding hydrogens is 450 g/mol. The van der Waals surface area contributed by atoms with Crippen LogP contribution < -0.4 is 5.73 Å². The van der Waals surface area contributed by atoms with Crippen LogP contribution in [0.15, 0.2) is 84.0 Å². The number of hydrogen-bond donors (Lipinski definition) is 2. The molecule has 0 amide bonds. The Bertz CT molecular complexity index is 1220. The number of ether oxygens (including phenoxy) is 2. The van der Waals surface area contributed by atoms with E-state index in [9.17, 15) is 5.11 Å². The largest absolute Gasteiger partial charge is 0.399 e. The molecule has 1 aromatic heterocycles. The summed E-state index contributed by atoms with van der Waals surface area (Å²) in [5.41, 5.74) is 10.4. The van der Waals surface area contributed by atoms with E-state index in [1.807, 2.05) is 78.9 Å². The lowest BCUT2D eigenvalue weighted by Gasteiger charge is -2.36. The van der Waals surface area contributed by atoms with Crippen LogP contribution in [-0.2, 0) is 16.1 Å². The highest BCUT2D eigenvalue weighted by Crippen LogP contribution is 2.39. The zero-order valence-corrected chi connectivity index (χ0v) is 19.2. The molecule has 1 aliphatic heterocycles. The highest BCUT2D eigenvalue weighted by Gasteiger charge is 2.32. The van der Waals surface area contributed by atoms with Crippen molar-refractivity contribution >= 4 is 17.4 Å². The molecule has 9 heteroatoms. The number of thioether (sulfide) groups is 1. The van der Waals surface area contributed by atoms with Crippen molar-refractivity contribution in [1.29, 1.82) is 0 Å². The number of para-hydroxylation sites is 1. The lowest BCUT2D eigenvalue weighted by molar-refractivity contribution is -0.245. The number of aromatic nitrogens is 4. The van der Waals surface area contributed by atoms with Gasteiger partial charge in [0, 0.05) is 23.4 Å². The first-order valence-corrected chi connectivity index (χ1v) is 12.0. The molecule has 1 saturated heterocycles. The van der Waals surface area contributed by atoms with Crippen molar-refractivity contribution in [2.24, 2.45) is 0 Å². The number of tetrazole rings is 1. The fourth-order valence-electron chi connectivity index (χ4n) is 3.90. The Hall–Kier alpha value is -3.24. The number of nitrogens with two attached hydrogens (primary N) is 1. The Morgan fingerprint density at radius 3 is 2.56 bits per heavy atom. The quantitative estimate of drug-likeness (QED) is 0.304. The van der Waals surface area contributed by atoms with Crippen LogP contribution in [0.25, 0.3) is 5.69 Å². The number of nitrogen functional groups attached to an aromatic ring is 1. The number of hydrogen-bond acceptors (Lipinski definition) is 8. The third-order valence-corrected chi connectivity index (χ3v) is 6.69. The highest BCUT2D eigenvalue weighted by molar-refractivity contribution is 7.99. The molecule has 0 saturated carbocycles. The van der Waals surface area contributed by atoms with Crippen LogP contribution in [0.1, 0.15) is 35.5 Å². The van der Waals surface area contributed by atoms with Gasteiger partial charge in [-0.25, -0.2) is 0 Å². The van der Waals surface area contributed by atoms with E-state index in [1.54, 1.807) is 16.4 Å². The van der Waals surface area contributed by atoms with Gasteiger partial charge in [0.1, 0.15) is 0 Å². The highest BCUT2D eigenvalue weighted by atomic mass is 32.2. The van der Waals surface area contributed by atoms with Gasteiger partial charge in [-0.2, -0.15) is 4.68 Å². The molecule has 34 heavy (non-hydrogen) atoms. The zero-order valence-electron chi connectivity index (χ0n) is 18.4. The Morgan fingerprint density at radius 1 is 0.971 bits per heavy atom. The summed E-state index contributed by atoms with van der Waals surface area (Å²) >= 11 is 1.55. The summed E-state index contributed by atoms with van der Waals surface area (Å²) in [5, 5.41) is 22.3. The van der Waals surface area contributed by atoms with Gasteiger partial charge in [0.15, 0.2) is 6.29 Å². The first kappa shape index (κ1) is 22.5. The Kier molecular flexibility index (Phi) is 6.87.